The lowest BCUT2D eigenvalue weighted by Gasteiger charge is -2.06. The van der Waals surface area contributed by atoms with Crippen LogP contribution in [-0.4, -0.2) is 10.4 Å². The lowest BCUT2D eigenvalue weighted by atomic mass is 10.1. The Kier molecular flexibility index (Phi) is 5.31. The molecule has 0 amide bonds. The number of carbonyl (C=O) groups excluding carboxylic acids is 1. The van der Waals surface area contributed by atoms with Gasteiger partial charge < -0.3 is 0 Å². The fourth-order valence-electron chi connectivity index (χ4n) is 3.51. The Labute approximate surface area is 179 Å². The van der Waals surface area contributed by atoms with Crippen molar-refractivity contribution in [3.05, 3.63) is 93.5 Å². The van der Waals surface area contributed by atoms with Gasteiger partial charge in [-0.2, -0.15) is 0 Å². The third kappa shape index (κ3) is 3.74. The van der Waals surface area contributed by atoms with E-state index in [1.807, 2.05) is 45.5 Å². The van der Waals surface area contributed by atoms with Gasteiger partial charge in [-0.15, -0.1) is 0 Å². The summed E-state index contributed by atoms with van der Waals surface area (Å²) in [5.41, 5.74) is 11.3. The maximum atomic E-state index is 12.9. The van der Waals surface area contributed by atoms with Crippen molar-refractivity contribution in [2.24, 2.45) is 0 Å². The molecule has 0 aliphatic heterocycles. The predicted octanol–water partition coefficient (Wildman–Crippen LogP) is 5.06. The number of nitrogen functional groups attached to an aromatic ring is 1. The molecule has 4 rings (SSSR count). The van der Waals surface area contributed by atoms with Crippen molar-refractivity contribution in [1.29, 1.82) is 0 Å². The van der Waals surface area contributed by atoms with Gasteiger partial charge in [0.1, 0.15) is 17.6 Å². The van der Waals surface area contributed by atoms with E-state index >= 15 is 0 Å². The number of rotatable bonds is 5. The Bertz CT molecular complexity index is 1230. The third-order valence-corrected chi connectivity index (χ3v) is 5.89. The predicted molar refractivity (Wildman–Crippen MR) is 118 cm³/mol. The van der Waals surface area contributed by atoms with Crippen LogP contribution in [0.2, 0.25) is 10.0 Å². The zero-order valence-corrected chi connectivity index (χ0v) is 17.4. The lowest BCUT2D eigenvalue weighted by Crippen LogP contribution is -2.37. The number of nitrogens with zero attached hydrogens (tertiary/aromatic N) is 2. The van der Waals surface area contributed by atoms with Crippen LogP contribution in [-0.2, 0) is 13.1 Å². The van der Waals surface area contributed by atoms with Gasteiger partial charge in [-0.3, -0.25) is 10.5 Å². The molecule has 0 atom stereocenters. The molecule has 4 aromatic rings. The Morgan fingerprint density at radius 3 is 2.48 bits per heavy atom. The van der Waals surface area contributed by atoms with Crippen LogP contribution in [0.15, 0.2) is 66.7 Å². The first-order valence-corrected chi connectivity index (χ1v) is 10.0. The molecule has 1 heterocycles. The van der Waals surface area contributed by atoms with E-state index in [1.165, 1.54) is 11.1 Å². The van der Waals surface area contributed by atoms with Crippen LogP contribution in [0, 0.1) is 6.92 Å². The summed E-state index contributed by atoms with van der Waals surface area (Å²) < 4.78 is 3.89. The second-order valence-electron chi connectivity index (χ2n) is 7.00. The molecule has 2 N–H and O–H groups in total. The number of fused-ring (bicyclic) bond motifs is 1. The fourth-order valence-corrected chi connectivity index (χ4v) is 3.81. The Morgan fingerprint density at radius 1 is 1.00 bits per heavy atom. The maximum absolute atomic E-state index is 12.9. The van der Waals surface area contributed by atoms with Crippen molar-refractivity contribution < 1.29 is 9.36 Å². The minimum absolute atomic E-state index is 0.0842. The Balaban J connectivity index is 1.75. The van der Waals surface area contributed by atoms with Crippen LogP contribution < -0.4 is 10.3 Å². The monoisotopic (exact) mass is 424 g/mol. The first kappa shape index (κ1) is 19.5. The third-order valence-electron chi connectivity index (χ3n) is 5.15. The Morgan fingerprint density at radius 2 is 1.72 bits per heavy atom. The molecule has 0 saturated carbocycles. The summed E-state index contributed by atoms with van der Waals surface area (Å²) in [5.74, 6) is 0.446. The zero-order valence-electron chi connectivity index (χ0n) is 15.9. The highest BCUT2D eigenvalue weighted by Gasteiger charge is 2.23. The second-order valence-corrected chi connectivity index (χ2v) is 7.81. The van der Waals surface area contributed by atoms with E-state index in [9.17, 15) is 4.79 Å². The molecule has 29 heavy (non-hydrogen) atoms. The molecule has 146 valence electrons. The van der Waals surface area contributed by atoms with E-state index in [2.05, 4.69) is 19.1 Å². The zero-order chi connectivity index (χ0) is 20.5. The van der Waals surface area contributed by atoms with Crippen molar-refractivity contribution in [1.82, 2.24) is 4.57 Å². The van der Waals surface area contributed by atoms with Crippen molar-refractivity contribution in [2.75, 3.05) is 5.73 Å². The van der Waals surface area contributed by atoms with E-state index in [0.29, 0.717) is 28.1 Å². The largest absolute Gasteiger partial charge is 0.356 e. The molecular formula is C23H20Cl2N3O+. The number of imidazole rings is 1. The van der Waals surface area contributed by atoms with Crippen molar-refractivity contribution in [3.8, 4) is 0 Å². The highest BCUT2D eigenvalue weighted by Crippen LogP contribution is 2.24. The summed E-state index contributed by atoms with van der Waals surface area (Å²) in [7, 11) is 0. The Hall–Kier alpha value is -2.82. The normalized spacial score (nSPS) is 11.1. The minimum atomic E-state index is -0.0842. The molecule has 6 heteroatoms. The molecule has 4 nitrogen and oxygen atoms in total. The molecular weight excluding hydrogens is 405 g/mol. The van der Waals surface area contributed by atoms with Gasteiger partial charge in [0.2, 0.25) is 0 Å². The maximum Gasteiger partial charge on any atom is 0.356 e. The van der Waals surface area contributed by atoms with Crippen LogP contribution >= 0.6 is 23.2 Å². The molecule has 0 bridgehead atoms. The van der Waals surface area contributed by atoms with Crippen LogP contribution in [0.3, 0.4) is 0 Å². The van der Waals surface area contributed by atoms with E-state index in [0.717, 1.165) is 11.0 Å². The molecule has 0 aliphatic carbocycles. The van der Waals surface area contributed by atoms with E-state index in [-0.39, 0.29) is 12.3 Å². The number of carbonyl (C=O) groups is 1. The van der Waals surface area contributed by atoms with Crippen LogP contribution in [0.5, 0.6) is 0 Å². The quantitative estimate of drug-likeness (QED) is 0.359. The van der Waals surface area contributed by atoms with Gasteiger partial charge in [0.25, 0.3) is 0 Å². The van der Waals surface area contributed by atoms with Crippen molar-refractivity contribution in [2.45, 2.75) is 20.0 Å². The SMILES string of the molecule is Cc1ccccc1C[n+]1c(N)n(CC(=O)c2ccc(Cl)c(Cl)c2)c2ccccc21. The standard InChI is InChI=1S/C23H19Cl2N3O/c1-15-6-2-3-7-17(15)13-27-20-8-4-5-9-21(20)28(23(27)26)14-22(29)16-10-11-18(24)19(25)12-16/h2-12,26H,13-14H2,1H3/p+1. The number of Topliss-reactive ketones (excluding diaryl/α,β-unsaturated/α-hetero) is 1. The molecule has 0 fully saturated rings. The molecule has 0 unspecified atom stereocenters. The van der Waals surface area contributed by atoms with Crippen molar-refractivity contribution in [3.63, 3.8) is 0 Å². The minimum Gasteiger partial charge on any atom is -0.291 e. The summed E-state index contributed by atoms with van der Waals surface area (Å²) in [5, 5.41) is 0.780. The molecule has 3 aromatic carbocycles. The van der Waals surface area contributed by atoms with Gasteiger partial charge in [-0.05, 0) is 48.4 Å². The number of benzene rings is 3. The van der Waals surface area contributed by atoms with Crippen LogP contribution in [0.25, 0.3) is 11.0 Å². The number of ketones is 1. The summed E-state index contributed by atoms with van der Waals surface area (Å²) in [4.78, 5) is 12.9. The second kappa shape index (κ2) is 7.90. The summed E-state index contributed by atoms with van der Waals surface area (Å²) in [6.07, 6.45) is 0. The number of para-hydroxylation sites is 2. The average molecular weight is 425 g/mol. The average Bonchev–Trinajstić information content (AvgIpc) is 2.97. The van der Waals surface area contributed by atoms with Gasteiger partial charge in [0.15, 0.2) is 5.78 Å². The smallest absolute Gasteiger partial charge is 0.291 e. The number of hydrogen-bond acceptors (Lipinski definition) is 2. The van der Waals surface area contributed by atoms with E-state index < -0.39 is 0 Å². The summed E-state index contributed by atoms with van der Waals surface area (Å²) in [6, 6.07) is 21.0. The van der Waals surface area contributed by atoms with Gasteiger partial charge in [0.05, 0.1) is 16.6 Å². The van der Waals surface area contributed by atoms with Gasteiger partial charge in [-0.25, -0.2) is 9.13 Å². The molecule has 0 spiro atoms. The number of aromatic nitrogens is 2. The number of aryl methyl sites for hydroxylation is 1. The van der Waals surface area contributed by atoms with Crippen molar-refractivity contribution >= 4 is 46.0 Å². The fraction of sp³-hybridized carbons (Fsp3) is 0.130. The molecule has 1 aromatic heterocycles. The first-order chi connectivity index (χ1) is 14.0. The van der Waals surface area contributed by atoms with Gasteiger partial charge in [-0.1, -0.05) is 59.6 Å². The molecule has 0 radical (unpaired) electrons. The molecule has 0 aliphatic rings. The van der Waals surface area contributed by atoms with Crippen LogP contribution in [0.1, 0.15) is 21.5 Å². The van der Waals surface area contributed by atoms with E-state index in [1.54, 1.807) is 18.2 Å². The van der Waals surface area contributed by atoms with E-state index in [4.69, 9.17) is 28.9 Å². The van der Waals surface area contributed by atoms with Gasteiger partial charge in [0, 0.05) is 5.56 Å². The molecule has 0 saturated heterocycles. The first-order valence-electron chi connectivity index (χ1n) is 9.25. The highest BCUT2D eigenvalue weighted by molar-refractivity contribution is 6.42. The number of halogens is 2. The summed E-state index contributed by atoms with van der Waals surface area (Å²) in [6.45, 7) is 2.83. The van der Waals surface area contributed by atoms with Crippen LogP contribution in [0.4, 0.5) is 5.95 Å². The number of hydrogen-bond donors (Lipinski definition) is 1. The summed E-state index contributed by atoms with van der Waals surface area (Å²) >= 11 is 12.0. The topological polar surface area (TPSA) is 51.9 Å². The lowest BCUT2D eigenvalue weighted by molar-refractivity contribution is -0.648. The number of anilines is 1. The van der Waals surface area contributed by atoms with Gasteiger partial charge >= 0.3 is 5.95 Å². The number of nitrogens with two attached hydrogens (primary N) is 1. The highest BCUT2D eigenvalue weighted by atomic mass is 35.5.